The summed E-state index contributed by atoms with van der Waals surface area (Å²) in [6, 6.07) is 15.4. The van der Waals surface area contributed by atoms with Crippen LogP contribution in [0.3, 0.4) is 0 Å². The minimum Gasteiger partial charge on any atom is -0.478 e. The Morgan fingerprint density at radius 2 is 1.93 bits per heavy atom. The second kappa shape index (κ2) is 8.56. The average Bonchev–Trinajstić information content (AvgIpc) is 2.78. The molecule has 1 N–H and O–H groups in total. The fraction of sp³-hybridized carbons (Fsp3) is 0.348. The Morgan fingerprint density at radius 1 is 1.17 bits per heavy atom. The first kappa shape index (κ1) is 19.9. The van der Waals surface area contributed by atoms with Crippen LogP contribution in [0.4, 0.5) is 10.5 Å². The number of carboxylic acid groups (broad SMARTS) is 1. The topological polar surface area (TPSA) is 93.9 Å². The van der Waals surface area contributed by atoms with E-state index in [0.29, 0.717) is 22.7 Å². The molecule has 5 rings (SSSR count). The zero-order valence-corrected chi connectivity index (χ0v) is 16.5. The first-order chi connectivity index (χ1) is 14.5. The number of piperidine rings is 3. The average molecular weight is 405 g/mol. The molecule has 154 valence electrons. The highest BCUT2D eigenvalue weighted by Crippen LogP contribution is 2.31. The molecule has 0 unspecified atom stereocenters. The number of hydrogen-bond acceptors (Lipinski definition) is 5. The molecular weight excluding hydrogens is 382 g/mol. The van der Waals surface area contributed by atoms with Crippen LogP contribution in [-0.4, -0.2) is 47.8 Å². The lowest BCUT2D eigenvalue weighted by atomic mass is 9.86. The summed E-state index contributed by atoms with van der Waals surface area (Å²) in [6.07, 6.45) is 1.43. The molecule has 1 amide bonds. The molecule has 7 nitrogen and oxygen atoms in total. The highest BCUT2D eigenvalue weighted by molar-refractivity contribution is 5.89. The minimum atomic E-state index is -1.02. The van der Waals surface area contributed by atoms with Gasteiger partial charge >= 0.3 is 12.1 Å². The van der Waals surface area contributed by atoms with Gasteiger partial charge in [0.05, 0.1) is 23.7 Å². The quantitative estimate of drug-likeness (QED) is 0.818. The standard InChI is InChI=1S/C23H23N3O4/c24-13-16-3-2-6-20(12-16)26(14-17-4-1-5-19(11-17)22(27)28)23(29)30-21-15-25-9-7-18(21)8-10-25/h1-6,11-12,18,21H,7-10,14-15H2,(H,27,28)/t21-/m0/s1. The Morgan fingerprint density at radius 3 is 2.60 bits per heavy atom. The van der Waals surface area contributed by atoms with Gasteiger partial charge in [-0.3, -0.25) is 9.80 Å². The van der Waals surface area contributed by atoms with Gasteiger partial charge in [0.2, 0.25) is 0 Å². The van der Waals surface area contributed by atoms with E-state index in [1.807, 2.05) is 0 Å². The van der Waals surface area contributed by atoms with E-state index in [1.165, 1.54) is 11.0 Å². The van der Waals surface area contributed by atoms with Crippen molar-refractivity contribution in [3.05, 3.63) is 65.2 Å². The third-order valence-electron chi connectivity index (χ3n) is 5.87. The number of hydrogen-bond donors (Lipinski definition) is 1. The number of anilines is 1. The monoisotopic (exact) mass is 405 g/mol. The van der Waals surface area contributed by atoms with Crippen molar-refractivity contribution in [1.82, 2.24) is 4.90 Å². The molecule has 2 aromatic carbocycles. The number of amides is 1. The van der Waals surface area contributed by atoms with Crippen molar-refractivity contribution in [2.75, 3.05) is 24.5 Å². The van der Waals surface area contributed by atoms with Crippen molar-refractivity contribution in [3.8, 4) is 6.07 Å². The smallest absolute Gasteiger partial charge is 0.414 e. The number of carbonyl (C=O) groups is 2. The predicted molar refractivity (Wildman–Crippen MR) is 110 cm³/mol. The molecule has 2 aromatic rings. The largest absolute Gasteiger partial charge is 0.478 e. The molecule has 7 heteroatoms. The van der Waals surface area contributed by atoms with E-state index in [1.54, 1.807) is 42.5 Å². The van der Waals surface area contributed by atoms with Crippen LogP contribution in [-0.2, 0) is 11.3 Å². The first-order valence-electron chi connectivity index (χ1n) is 10.1. The summed E-state index contributed by atoms with van der Waals surface area (Å²) in [4.78, 5) is 28.3. The van der Waals surface area contributed by atoms with Crippen LogP contribution in [0.5, 0.6) is 0 Å². The van der Waals surface area contributed by atoms with Gasteiger partial charge in [-0.05, 0) is 67.7 Å². The number of nitrogens with zero attached hydrogens (tertiary/aromatic N) is 3. The molecule has 3 saturated heterocycles. The molecule has 0 saturated carbocycles. The molecule has 0 aromatic heterocycles. The lowest BCUT2D eigenvalue weighted by molar-refractivity contribution is -0.0311. The lowest BCUT2D eigenvalue weighted by Gasteiger charge is -2.44. The molecule has 3 fully saturated rings. The number of rotatable bonds is 5. The summed E-state index contributed by atoms with van der Waals surface area (Å²) in [6.45, 7) is 3.00. The van der Waals surface area contributed by atoms with Crippen LogP contribution < -0.4 is 4.90 Å². The Kier molecular flexibility index (Phi) is 5.68. The summed E-state index contributed by atoms with van der Waals surface area (Å²) in [5.41, 5.74) is 1.81. The maximum atomic E-state index is 13.2. The van der Waals surface area contributed by atoms with E-state index < -0.39 is 12.1 Å². The molecule has 0 radical (unpaired) electrons. The third kappa shape index (κ3) is 4.29. The number of aromatic carboxylic acids is 1. The number of nitriles is 1. The van der Waals surface area contributed by atoms with Gasteiger partial charge in [-0.1, -0.05) is 18.2 Å². The molecule has 3 aliphatic heterocycles. The fourth-order valence-corrected chi connectivity index (χ4v) is 4.23. The SMILES string of the molecule is N#Cc1cccc(N(Cc2cccc(C(=O)O)c2)C(=O)O[C@H]2CN3CCC2CC3)c1. The number of carboxylic acids is 1. The van der Waals surface area contributed by atoms with Crippen molar-refractivity contribution >= 4 is 17.7 Å². The van der Waals surface area contributed by atoms with E-state index >= 15 is 0 Å². The number of ether oxygens (including phenoxy) is 1. The summed E-state index contributed by atoms with van der Waals surface area (Å²) in [5.74, 6) is -0.647. The summed E-state index contributed by atoms with van der Waals surface area (Å²) in [7, 11) is 0. The number of fused-ring (bicyclic) bond motifs is 3. The van der Waals surface area contributed by atoms with Crippen molar-refractivity contribution in [2.45, 2.75) is 25.5 Å². The number of carbonyl (C=O) groups excluding carboxylic acids is 1. The van der Waals surface area contributed by atoms with E-state index in [4.69, 9.17) is 4.74 Å². The predicted octanol–water partition coefficient (Wildman–Crippen LogP) is 3.49. The Labute approximate surface area is 175 Å². The van der Waals surface area contributed by atoms with Crippen LogP contribution in [0.2, 0.25) is 0 Å². The molecule has 2 bridgehead atoms. The Hall–Kier alpha value is -3.37. The van der Waals surface area contributed by atoms with Crippen LogP contribution in [0.25, 0.3) is 0 Å². The molecule has 3 heterocycles. The van der Waals surface area contributed by atoms with E-state index in [2.05, 4.69) is 11.0 Å². The Balaban J connectivity index is 1.60. The van der Waals surface area contributed by atoms with Gasteiger partial charge in [-0.2, -0.15) is 5.26 Å². The maximum Gasteiger partial charge on any atom is 0.414 e. The van der Waals surface area contributed by atoms with Crippen molar-refractivity contribution in [1.29, 1.82) is 5.26 Å². The summed E-state index contributed by atoms with van der Waals surface area (Å²) >= 11 is 0. The van der Waals surface area contributed by atoms with Crippen molar-refractivity contribution in [3.63, 3.8) is 0 Å². The molecule has 3 aliphatic rings. The van der Waals surface area contributed by atoms with Gasteiger partial charge in [0.15, 0.2) is 0 Å². The molecule has 30 heavy (non-hydrogen) atoms. The van der Waals surface area contributed by atoms with Crippen LogP contribution in [0, 0.1) is 17.2 Å². The van der Waals surface area contributed by atoms with Crippen LogP contribution in [0.15, 0.2) is 48.5 Å². The zero-order valence-electron chi connectivity index (χ0n) is 16.5. The molecule has 0 spiro atoms. The fourth-order valence-electron chi connectivity index (χ4n) is 4.23. The van der Waals surface area contributed by atoms with Gasteiger partial charge in [0.1, 0.15) is 6.10 Å². The van der Waals surface area contributed by atoms with E-state index in [9.17, 15) is 20.0 Å². The highest BCUT2D eigenvalue weighted by atomic mass is 16.6. The Bertz CT molecular complexity index is 992. The van der Waals surface area contributed by atoms with Crippen LogP contribution in [0.1, 0.15) is 34.3 Å². The van der Waals surface area contributed by atoms with Crippen LogP contribution >= 0.6 is 0 Å². The second-order valence-corrected chi connectivity index (χ2v) is 7.81. The highest BCUT2D eigenvalue weighted by Gasteiger charge is 2.37. The van der Waals surface area contributed by atoms with E-state index in [-0.39, 0.29) is 18.2 Å². The van der Waals surface area contributed by atoms with Crippen molar-refractivity contribution in [2.24, 2.45) is 5.92 Å². The lowest BCUT2D eigenvalue weighted by Crippen LogP contribution is -2.53. The number of benzene rings is 2. The van der Waals surface area contributed by atoms with Gasteiger partial charge in [0, 0.05) is 12.2 Å². The van der Waals surface area contributed by atoms with Gasteiger partial charge in [0.25, 0.3) is 0 Å². The molecule has 0 aliphatic carbocycles. The van der Waals surface area contributed by atoms with Gasteiger partial charge in [-0.15, -0.1) is 0 Å². The summed E-state index contributed by atoms with van der Waals surface area (Å²) in [5, 5.41) is 18.5. The molecule has 1 atom stereocenters. The van der Waals surface area contributed by atoms with Crippen molar-refractivity contribution < 1.29 is 19.4 Å². The van der Waals surface area contributed by atoms with E-state index in [0.717, 1.165) is 32.5 Å². The zero-order chi connectivity index (χ0) is 21.1. The van der Waals surface area contributed by atoms with Gasteiger partial charge in [-0.25, -0.2) is 9.59 Å². The first-order valence-corrected chi connectivity index (χ1v) is 10.1. The van der Waals surface area contributed by atoms with Gasteiger partial charge < -0.3 is 9.84 Å². The normalized spacial score (nSPS) is 22.2. The third-order valence-corrected chi connectivity index (χ3v) is 5.87. The molecular formula is C23H23N3O4. The maximum absolute atomic E-state index is 13.2. The second-order valence-electron chi connectivity index (χ2n) is 7.81. The minimum absolute atomic E-state index is 0.146. The summed E-state index contributed by atoms with van der Waals surface area (Å²) < 4.78 is 5.91.